The average molecular weight is 308 g/mol. The summed E-state index contributed by atoms with van der Waals surface area (Å²) in [4.78, 5) is 15.3. The summed E-state index contributed by atoms with van der Waals surface area (Å²) in [6.45, 7) is 2.77. The predicted molar refractivity (Wildman–Crippen MR) is 88.4 cm³/mol. The van der Waals surface area contributed by atoms with E-state index in [0.717, 1.165) is 37.3 Å². The molecule has 0 aromatic carbocycles. The van der Waals surface area contributed by atoms with Crippen molar-refractivity contribution in [1.29, 1.82) is 0 Å². The standard InChI is InChI=1S/C17H20N6/c1-22(9-5-11-23-10-4-8-21-23)14-15-12-19-17(20-13-15)16-6-2-3-7-18-16/h2-4,6-8,10,12-13H,5,9,11,14H2,1H3. The molecule has 0 unspecified atom stereocenters. The molecule has 3 heterocycles. The molecule has 0 bridgehead atoms. The van der Waals surface area contributed by atoms with E-state index in [1.807, 2.05) is 53.7 Å². The van der Waals surface area contributed by atoms with Crippen LogP contribution in [-0.4, -0.2) is 43.2 Å². The highest BCUT2D eigenvalue weighted by Crippen LogP contribution is 2.10. The third-order valence-corrected chi connectivity index (χ3v) is 3.54. The Kier molecular flexibility index (Phi) is 5.06. The summed E-state index contributed by atoms with van der Waals surface area (Å²) < 4.78 is 1.96. The minimum atomic E-state index is 0.663. The van der Waals surface area contributed by atoms with Crippen molar-refractivity contribution >= 4 is 0 Å². The highest BCUT2D eigenvalue weighted by atomic mass is 15.3. The van der Waals surface area contributed by atoms with Gasteiger partial charge in [-0.05, 0) is 38.2 Å². The van der Waals surface area contributed by atoms with Crippen LogP contribution in [0.25, 0.3) is 11.5 Å². The van der Waals surface area contributed by atoms with E-state index in [2.05, 4.69) is 32.0 Å². The molecule has 0 amide bonds. The van der Waals surface area contributed by atoms with Gasteiger partial charge < -0.3 is 4.90 Å². The second-order valence-corrected chi connectivity index (χ2v) is 5.49. The zero-order valence-electron chi connectivity index (χ0n) is 13.2. The maximum absolute atomic E-state index is 4.41. The van der Waals surface area contributed by atoms with Gasteiger partial charge in [-0.25, -0.2) is 9.97 Å². The van der Waals surface area contributed by atoms with Crippen LogP contribution in [0.3, 0.4) is 0 Å². The molecule has 6 nitrogen and oxygen atoms in total. The summed E-state index contributed by atoms with van der Waals surface area (Å²) in [6.07, 6.45) is 10.4. The van der Waals surface area contributed by atoms with Crippen LogP contribution in [0.1, 0.15) is 12.0 Å². The molecule has 3 aromatic rings. The smallest absolute Gasteiger partial charge is 0.178 e. The van der Waals surface area contributed by atoms with E-state index < -0.39 is 0 Å². The molecule has 0 N–H and O–H groups in total. The first-order chi connectivity index (χ1) is 11.3. The first kappa shape index (κ1) is 15.3. The normalized spacial score (nSPS) is 11.0. The molecule has 118 valence electrons. The van der Waals surface area contributed by atoms with Gasteiger partial charge in [-0.1, -0.05) is 6.07 Å². The van der Waals surface area contributed by atoms with Crippen molar-refractivity contribution < 1.29 is 0 Å². The quantitative estimate of drug-likeness (QED) is 0.670. The summed E-state index contributed by atoms with van der Waals surface area (Å²) in [7, 11) is 2.11. The van der Waals surface area contributed by atoms with E-state index in [1.165, 1.54) is 0 Å². The Bertz CT molecular complexity index is 694. The van der Waals surface area contributed by atoms with Crippen LogP contribution >= 0.6 is 0 Å². The number of hydrogen-bond donors (Lipinski definition) is 0. The summed E-state index contributed by atoms with van der Waals surface area (Å²) in [5.41, 5.74) is 1.90. The molecule has 0 aliphatic rings. The van der Waals surface area contributed by atoms with Gasteiger partial charge >= 0.3 is 0 Å². The molecule has 0 aliphatic carbocycles. The maximum Gasteiger partial charge on any atom is 0.178 e. The first-order valence-corrected chi connectivity index (χ1v) is 7.69. The predicted octanol–water partition coefficient (Wildman–Crippen LogP) is 2.26. The monoisotopic (exact) mass is 308 g/mol. The van der Waals surface area contributed by atoms with Gasteiger partial charge in [0.05, 0.1) is 0 Å². The minimum Gasteiger partial charge on any atom is -0.302 e. The van der Waals surface area contributed by atoms with Crippen molar-refractivity contribution in [2.75, 3.05) is 13.6 Å². The van der Waals surface area contributed by atoms with Gasteiger partial charge in [0.2, 0.25) is 0 Å². The fraction of sp³-hybridized carbons (Fsp3) is 0.294. The Hall–Kier alpha value is -2.60. The SMILES string of the molecule is CN(CCCn1cccn1)Cc1cnc(-c2ccccn2)nc1. The van der Waals surface area contributed by atoms with Gasteiger partial charge in [-0.15, -0.1) is 0 Å². The first-order valence-electron chi connectivity index (χ1n) is 7.69. The molecular weight excluding hydrogens is 288 g/mol. The molecular formula is C17H20N6. The van der Waals surface area contributed by atoms with Crippen molar-refractivity contribution in [3.63, 3.8) is 0 Å². The zero-order chi connectivity index (χ0) is 15.9. The fourth-order valence-electron chi connectivity index (χ4n) is 2.39. The molecule has 0 atom stereocenters. The number of hydrogen-bond acceptors (Lipinski definition) is 5. The lowest BCUT2D eigenvalue weighted by Gasteiger charge is -2.16. The van der Waals surface area contributed by atoms with E-state index >= 15 is 0 Å². The summed E-state index contributed by atoms with van der Waals surface area (Å²) >= 11 is 0. The topological polar surface area (TPSA) is 59.7 Å². The Morgan fingerprint density at radius 2 is 1.91 bits per heavy atom. The summed E-state index contributed by atoms with van der Waals surface area (Å²) in [6, 6.07) is 7.68. The molecule has 0 spiro atoms. The van der Waals surface area contributed by atoms with Crippen molar-refractivity contribution in [2.45, 2.75) is 19.5 Å². The zero-order valence-corrected chi connectivity index (χ0v) is 13.2. The van der Waals surface area contributed by atoms with E-state index in [0.29, 0.717) is 5.82 Å². The molecule has 0 radical (unpaired) electrons. The van der Waals surface area contributed by atoms with Crippen LogP contribution in [0, 0.1) is 0 Å². The van der Waals surface area contributed by atoms with Gasteiger partial charge in [-0.3, -0.25) is 9.67 Å². The molecule has 0 fully saturated rings. The second-order valence-electron chi connectivity index (χ2n) is 5.49. The Balaban J connectivity index is 1.49. The van der Waals surface area contributed by atoms with Crippen molar-refractivity contribution in [1.82, 2.24) is 29.6 Å². The molecule has 3 rings (SSSR count). The van der Waals surface area contributed by atoms with Crippen LogP contribution in [0.5, 0.6) is 0 Å². The highest BCUT2D eigenvalue weighted by molar-refractivity contribution is 5.47. The molecule has 6 heteroatoms. The summed E-state index contributed by atoms with van der Waals surface area (Å²) in [5, 5.41) is 4.21. The van der Waals surface area contributed by atoms with E-state index in [4.69, 9.17) is 0 Å². The van der Waals surface area contributed by atoms with E-state index in [9.17, 15) is 0 Å². The lowest BCUT2D eigenvalue weighted by atomic mass is 10.3. The number of pyridine rings is 1. The Morgan fingerprint density at radius 3 is 2.61 bits per heavy atom. The maximum atomic E-state index is 4.41. The van der Waals surface area contributed by atoms with E-state index in [1.54, 1.807) is 6.20 Å². The van der Waals surface area contributed by atoms with Crippen LogP contribution < -0.4 is 0 Å². The van der Waals surface area contributed by atoms with Gasteiger partial charge in [0.1, 0.15) is 5.69 Å². The van der Waals surface area contributed by atoms with Crippen molar-refractivity contribution in [3.05, 3.63) is 60.8 Å². The van der Waals surface area contributed by atoms with Crippen molar-refractivity contribution in [2.24, 2.45) is 0 Å². The van der Waals surface area contributed by atoms with Crippen LogP contribution in [0.15, 0.2) is 55.2 Å². The average Bonchev–Trinajstić information content (AvgIpc) is 3.10. The number of nitrogens with zero attached hydrogens (tertiary/aromatic N) is 6. The third kappa shape index (κ3) is 4.43. The fourth-order valence-corrected chi connectivity index (χ4v) is 2.39. The Labute approximate surface area is 135 Å². The van der Waals surface area contributed by atoms with Crippen LogP contribution in [-0.2, 0) is 13.1 Å². The van der Waals surface area contributed by atoms with Gasteiger partial charge in [0.25, 0.3) is 0 Å². The number of rotatable bonds is 7. The lowest BCUT2D eigenvalue weighted by Crippen LogP contribution is -2.20. The minimum absolute atomic E-state index is 0.663. The Morgan fingerprint density at radius 1 is 1.04 bits per heavy atom. The number of aromatic nitrogens is 5. The molecule has 23 heavy (non-hydrogen) atoms. The molecule has 0 saturated heterocycles. The third-order valence-electron chi connectivity index (χ3n) is 3.54. The molecule has 0 aliphatic heterocycles. The molecule has 0 saturated carbocycles. The number of aryl methyl sites for hydroxylation is 1. The molecule has 3 aromatic heterocycles. The lowest BCUT2D eigenvalue weighted by molar-refractivity contribution is 0.311. The van der Waals surface area contributed by atoms with Crippen LogP contribution in [0.4, 0.5) is 0 Å². The van der Waals surface area contributed by atoms with Gasteiger partial charge in [-0.2, -0.15) is 5.10 Å². The van der Waals surface area contributed by atoms with Crippen molar-refractivity contribution in [3.8, 4) is 11.5 Å². The second kappa shape index (κ2) is 7.60. The van der Waals surface area contributed by atoms with E-state index in [-0.39, 0.29) is 0 Å². The van der Waals surface area contributed by atoms with Crippen LogP contribution in [0.2, 0.25) is 0 Å². The largest absolute Gasteiger partial charge is 0.302 e. The van der Waals surface area contributed by atoms with Gasteiger partial charge in [0, 0.05) is 49.6 Å². The summed E-state index contributed by atoms with van der Waals surface area (Å²) in [5.74, 6) is 0.663. The highest BCUT2D eigenvalue weighted by Gasteiger charge is 2.04. The van der Waals surface area contributed by atoms with Gasteiger partial charge in [0.15, 0.2) is 5.82 Å².